The van der Waals surface area contributed by atoms with E-state index in [1.165, 1.54) is 11.3 Å². The molecule has 0 aliphatic rings. The van der Waals surface area contributed by atoms with Crippen LogP contribution in [-0.4, -0.2) is 10.8 Å². The molecule has 76 valence electrons. The Bertz CT molecular complexity index is 495. The predicted molar refractivity (Wildman–Crippen MR) is 61.4 cm³/mol. The number of hydrogen-bond acceptors (Lipinski definition) is 5. The average molecular weight is 219 g/mol. The van der Waals surface area contributed by atoms with Gasteiger partial charge in [0.15, 0.2) is 5.84 Å². The van der Waals surface area contributed by atoms with Gasteiger partial charge < -0.3 is 5.84 Å². The van der Waals surface area contributed by atoms with E-state index >= 15 is 0 Å². The zero-order valence-corrected chi connectivity index (χ0v) is 8.90. The maximum Gasteiger partial charge on any atom is 0.231 e. The van der Waals surface area contributed by atoms with Gasteiger partial charge >= 0.3 is 0 Å². The fourth-order valence-electron chi connectivity index (χ4n) is 1.04. The zero-order valence-electron chi connectivity index (χ0n) is 8.08. The monoisotopic (exact) mass is 219 g/mol. The Hall–Kier alpha value is -1.82. The molecule has 0 unspecified atom stereocenters. The molecule has 0 fully saturated rings. The Balaban J connectivity index is 2.33. The summed E-state index contributed by atoms with van der Waals surface area (Å²) in [5.74, 6) is 5.45. The zero-order chi connectivity index (χ0) is 10.7. The van der Waals surface area contributed by atoms with E-state index in [0.29, 0.717) is 11.0 Å². The van der Waals surface area contributed by atoms with E-state index in [4.69, 9.17) is 5.84 Å². The number of hydrogen-bond donors (Lipinski definition) is 1. The lowest BCUT2D eigenvalue weighted by molar-refractivity contribution is 1.16. The standard InChI is InChI=1S/C9H9N5S/c1-6(12-10)13-14-9-11-7-4-2-3-5-8(7)15-9/h2-5H,10H2,1H3. The molecule has 1 heterocycles. The topological polar surface area (TPSA) is 76.0 Å². The molecular formula is C9H9N5S. The van der Waals surface area contributed by atoms with E-state index in [9.17, 15) is 0 Å². The molecule has 5 nitrogen and oxygen atoms in total. The number of para-hydroxylation sites is 1. The van der Waals surface area contributed by atoms with Crippen molar-refractivity contribution in [3.63, 3.8) is 0 Å². The van der Waals surface area contributed by atoms with Crippen LogP contribution >= 0.6 is 11.3 Å². The predicted octanol–water partition coefficient (Wildman–Crippen LogP) is 2.67. The molecule has 0 saturated carbocycles. The van der Waals surface area contributed by atoms with Crippen LogP contribution in [-0.2, 0) is 0 Å². The number of nitrogens with two attached hydrogens (primary N) is 1. The minimum absolute atomic E-state index is 0.425. The number of aromatic nitrogens is 1. The highest BCUT2D eigenvalue weighted by atomic mass is 32.1. The van der Waals surface area contributed by atoms with Crippen LogP contribution in [0.4, 0.5) is 5.13 Å². The molecule has 6 heteroatoms. The van der Waals surface area contributed by atoms with Gasteiger partial charge in [-0.2, -0.15) is 5.10 Å². The molecule has 0 saturated heterocycles. The van der Waals surface area contributed by atoms with Gasteiger partial charge in [-0.15, -0.1) is 10.2 Å². The van der Waals surface area contributed by atoms with Crippen LogP contribution in [0.25, 0.3) is 10.2 Å². The van der Waals surface area contributed by atoms with Crippen LogP contribution in [0.2, 0.25) is 0 Å². The van der Waals surface area contributed by atoms with Gasteiger partial charge in [-0.05, 0) is 19.1 Å². The average Bonchev–Trinajstić information content (AvgIpc) is 2.68. The first-order chi connectivity index (χ1) is 7.29. The summed E-state index contributed by atoms with van der Waals surface area (Å²) in [6.07, 6.45) is 0. The summed E-state index contributed by atoms with van der Waals surface area (Å²) in [6, 6.07) is 7.84. The van der Waals surface area contributed by atoms with Crippen molar-refractivity contribution in [2.24, 2.45) is 21.2 Å². The molecular weight excluding hydrogens is 210 g/mol. The van der Waals surface area contributed by atoms with Crippen molar-refractivity contribution in [3.8, 4) is 0 Å². The first-order valence-corrected chi connectivity index (χ1v) is 5.13. The van der Waals surface area contributed by atoms with Gasteiger partial charge in [-0.3, -0.25) is 0 Å². The lowest BCUT2D eigenvalue weighted by atomic mass is 10.3. The second-order valence-corrected chi connectivity index (χ2v) is 3.85. The van der Waals surface area contributed by atoms with Gasteiger partial charge in [0, 0.05) is 0 Å². The quantitative estimate of drug-likeness (QED) is 0.263. The first kappa shape index (κ1) is 9.72. The third kappa shape index (κ3) is 2.16. The molecule has 0 atom stereocenters. The molecule has 0 bridgehead atoms. The van der Waals surface area contributed by atoms with Gasteiger partial charge in [0.2, 0.25) is 5.13 Å². The van der Waals surface area contributed by atoms with Crippen LogP contribution in [0.15, 0.2) is 39.6 Å². The number of azo groups is 1. The van der Waals surface area contributed by atoms with Crippen molar-refractivity contribution >= 4 is 32.5 Å². The van der Waals surface area contributed by atoms with Crippen LogP contribution < -0.4 is 5.84 Å². The SMILES string of the molecule is CC(N=Nc1nc2ccccc2s1)=NN. The van der Waals surface area contributed by atoms with Crippen LogP contribution in [0.1, 0.15) is 6.92 Å². The summed E-state index contributed by atoms with van der Waals surface area (Å²) < 4.78 is 1.09. The van der Waals surface area contributed by atoms with Crippen LogP contribution in [0.5, 0.6) is 0 Å². The number of rotatable bonds is 1. The summed E-state index contributed by atoms with van der Waals surface area (Å²) in [5.41, 5.74) is 0.929. The molecule has 15 heavy (non-hydrogen) atoms. The number of nitrogens with zero attached hydrogens (tertiary/aromatic N) is 4. The van der Waals surface area contributed by atoms with Gasteiger partial charge in [-0.25, -0.2) is 4.98 Å². The largest absolute Gasteiger partial charge is 0.321 e. The Kier molecular flexibility index (Phi) is 2.68. The summed E-state index contributed by atoms with van der Waals surface area (Å²) >= 11 is 1.48. The van der Waals surface area contributed by atoms with Gasteiger partial charge in [-0.1, -0.05) is 23.5 Å². The molecule has 2 rings (SSSR count). The second-order valence-electron chi connectivity index (χ2n) is 2.84. The molecule has 2 aromatic rings. The third-order valence-corrected chi connectivity index (χ3v) is 2.67. The van der Waals surface area contributed by atoms with Crippen LogP contribution in [0, 0.1) is 0 Å². The Morgan fingerprint density at radius 2 is 2.20 bits per heavy atom. The molecule has 1 aromatic heterocycles. The number of amidine groups is 1. The Morgan fingerprint density at radius 1 is 1.40 bits per heavy atom. The second kappa shape index (κ2) is 4.14. The maximum absolute atomic E-state index is 5.03. The molecule has 0 spiro atoms. The van der Waals surface area contributed by atoms with Gasteiger partial charge in [0.05, 0.1) is 10.2 Å². The molecule has 0 aliphatic heterocycles. The van der Waals surface area contributed by atoms with E-state index in [0.717, 1.165) is 10.2 Å². The number of hydrazone groups is 1. The number of thiazole rings is 1. The number of fused-ring (bicyclic) bond motifs is 1. The normalized spacial score (nSPS) is 12.7. The summed E-state index contributed by atoms with van der Waals surface area (Å²) in [5, 5.41) is 11.7. The molecule has 2 N–H and O–H groups in total. The van der Waals surface area contributed by atoms with E-state index in [2.05, 4.69) is 20.3 Å². The highest BCUT2D eigenvalue weighted by Crippen LogP contribution is 2.27. The lowest BCUT2D eigenvalue weighted by Gasteiger charge is -1.83. The van der Waals surface area contributed by atoms with Crippen molar-refractivity contribution in [1.29, 1.82) is 0 Å². The van der Waals surface area contributed by atoms with Gasteiger partial charge in [0.1, 0.15) is 0 Å². The number of benzene rings is 1. The molecule has 0 amide bonds. The first-order valence-electron chi connectivity index (χ1n) is 4.31. The Morgan fingerprint density at radius 3 is 2.93 bits per heavy atom. The summed E-state index contributed by atoms with van der Waals surface area (Å²) in [6.45, 7) is 1.68. The summed E-state index contributed by atoms with van der Waals surface area (Å²) in [7, 11) is 0. The summed E-state index contributed by atoms with van der Waals surface area (Å²) in [4.78, 5) is 4.28. The smallest absolute Gasteiger partial charge is 0.231 e. The molecule has 0 aliphatic carbocycles. The van der Waals surface area contributed by atoms with Crippen LogP contribution in [0.3, 0.4) is 0 Å². The molecule has 1 aromatic carbocycles. The van der Waals surface area contributed by atoms with Crippen molar-refractivity contribution in [2.75, 3.05) is 0 Å². The van der Waals surface area contributed by atoms with E-state index in [-0.39, 0.29) is 0 Å². The third-order valence-electron chi connectivity index (χ3n) is 1.75. The highest BCUT2D eigenvalue weighted by molar-refractivity contribution is 7.21. The minimum Gasteiger partial charge on any atom is -0.321 e. The maximum atomic E-state index is 5.03. The lowest BCUT2D eigenvalue weighted by Crippen LogP contribution is -1.89. The molecule has 0 radical (unpaired) electrons. The van der Waals surface area contributed by atoms with Crippen molar-refractivity contribution < 1.29 is 0 Å². The van der Waals surface area contributed by atoms with E-state index in [1.807, 2.05) is 24.3 Å². The highest BCUT2D eigenvalue weighted by Gasteiger charge is 2.00. The van der Waals surface area contributed by atoms with Gasteiger partial charge in [0.25, 0.3) is 0 Å². The van der Waals surface area contributed by atoms with Crippen molar-refractivity contribution in [1.82, 2.24) is 4.98 Å². The van der Waals surface area contributed by atoms with E-state index < -0.39 is 0 Å². The fraction of sp³-hybridized carbons (Fsp3) is 0.111. The van der Waals surface area contributed by atoms with Crippen molar-refractivity contribution in [3.05, 3.63) is 24.3 Å². The Labute approximate surface area is 90.4 Å². The fourth-order valence-corrected chi connectivity index (χ4v) is 1.83. The minimum atomic E-state index is 0.425. The van der Waals surface area contributed by atoms with Crippen molar-refractivity contribution in [2.45, 2.75) is 6.92 Å². The van der Waals surface area contributed by atoms with E-state index in [1.54, 1.807) is 6.92 Å².